The van der Waals surface area contributed by atoms with Crippen molar-refractivity contribution in [1.29, 1.82) is 0 Å². The van der Waals surface area contributed by atoms with E-state index in [2.05, 4.69) is 24.2 Å². The third kappa shape index (κ3) is 4.05. The van der Waals surface area contributed by atoms with E-state index in [1.54, 1.807) is 6.07 Å². The molecule has 0 aromatic heterocycles. The smallest absolute Gasteiger partial charge is 0.128 e. The molecule has 0 fully saturated rings. The molecule has 18 heavy (non-hydrogen) atoms. The monoisotopic (exact) mass is 253 g/mol. The number of halogens is 1. The number of aryl methyl sites for hydroxylation is 1. The van der Waals surface area contributed by atoms with E-state index in [9.17, 15) is 4.39 Å². The first-order valence-corrected chi connectivity index (χ1v) is 6.56. The van der Waals surface area contributed by atoms with Gasteiger partial charge in [0.15, 0.2) is 0 Å². The standard InChI is InChI=1S/C14H24FN3/c1-4-18(5-2)9-8-14(17-16)12-10-11(3)6-7-13(12)15/h6-7,10,14,17H,4-5,8-9,16H2,1-3H3. The first kappa shape index (κ1) is 15.1. The Kier molecular flexibility index (Phi) is 6.25. The molecule has 0 saturated heterocycles. The number of hydrogen-bond donors (Lipinski definition) is 2. The first-order chi connectivity index (χ1) is 8.62. The summed E-state index contributed by atoms with van der Waals surface area (Å²) in [5, 5.41) is 0. The highest BCUT2D eigenvalue weighted by molar-refractivity contribution is 5.26. The third-order valence-electron chi connectivity index (χ3n) is 3.36. The Balaban J connectivity index is 2.73. The minimum absolute atomic E-state index is 0.134. The van der Waals surface area contributed by atoms with E-state index in [0.29, 0.717) is 5.56 Å². The van der Waals surface area contributed by atoms with Gasteiger partial charge >= 0.3 is 0 Å². The molecule has 1 aromatic carbocycles. The second-order valence-electron chi connectivity index (χ2n) is 4.56. The van der Waals surface area contributed by atoms with Crippen molar-refractivity contribution >= 4 is 0 Å². The molecule has 0 bridgehead atoms. The summed E-state index contributed by atoms with van der Waals surface area (Å²) in [4.78, 5) is 2.30. The molecule has 0 saturated carbocycles. The van der Waals surface area contributed by atoms with Gasteiger partial charge in [-0.15, -0.1) is 0 Å². The SMILES string of the molecule is CCN(CC)CCC(NN)c1cc(C)ccc1F. The predicted molar refractivity (Wildman–Crippen MR) is 73.6 cm³/mol. The Bertz CT molecular complexity index is 364. The maximum absolute atomic E-state index is 13.8. The lowest BCUT2D eigenvalue weighted by atomic mass is 10.0. The van der Waals surface area contributed by atoms with Crippen LogP contribution in [0.1, 0.15) is 37.4 Å². The van der Waals surface area contributed by atoms with Crippen LogP contribution in [0.2, 0.25) is 0 Å². The number of rotatable bonds is 7. The lowest BCUT2D eigenvalue weighted by Gasteiger charge is -2.23. The average Bonchev–Trinajstić information content (AvgIpc) is 2.38. The summed E-state index contributed by atoms with van der Waals surface area (Å²) < 4.78 is 13.8. The predicted octanol–water partition coefficient (Wildman–Crippen LogP) is 2.37. The molecule has 4 heteroatoms. The summed E-state index contributed by atoms with van der Waals surface area (Å²) in [6, 6.07) is 5.01. The Morgan fingerprint density at radius 2 is 2.00 bits per heavy atom. The molecule has 1 unspecified atom stereocenters. The van der Waals surface area contributed by atoms with Crippen LogP contribution in [-0.2, 0) is 0 Å². The van der Waals surface area contributed by atoms with Gasteiger partial charge in [-0.3, -0.25) is 11.3 Å². The third-order valence-corrected chi connectivity index (χ3v) is 3.36. The number of hydrazine groups is 1. The average molecular weight is 253 g/mol. The Hall–Kier alpha value is -0.970. The van der Waals surface area contributed by atoms with Crippen molar-refractivity contribution < 1.29 is 4.39 Å². The van der Waals surface area contributed by atoms with Gasteiger partial charge in [-0.05, 0) is 39.0 Å². The lowest BCUT2D eigenvalue weighted by Crippen LogP contribution is -2.33. The van der Waals surface area contributed by atoms with Crippen molar-refractivity contribution in [3.8, 4) is 0 Å². The fourth-order valence-corrected chi connectivity index (χ4v) is 2.11. The highest BCUT2D eigenvalue weighted by Crippen LogP contribution is 2.21. The molecule has 0 amide bonds. The van der Waals surface area contributed by atoms with Crippen LogP contribution in [0.5, 0.6) is 0 Å². The van der Waals surface area contributed by atoms with Crippen molar-refractivity contribution in [3.05, 3.63) is 35.1 Å². The summed E-state index contributed by atoms with van der Waals surface area (Å²) in [7, 11) is 0. The maximum Gasteiger partial charge on any atom is 0.128 e. The Labute approximate surface area is 109 Å². The highest BCUT2D eigenvalue weighted by Gasteiger charge is 2.15. The number of nitrogens with one attached hydrogen (secondary N) is 1. The van der Waals surface area contributed by atoms with Gasteiger partial charge in [0.25, 0.3) is 0 Å². The summed E-state index contributed by atoms with van der Waals surface area (Å²) in [6.07, 6.45) is 0.804. The zero-order valence-electron chi connectivity index (χ0n) is 11.5. The van der Waals surface area contributed by atoms with Gasteiger partial charge in [0, 0.05) is 5.56 Å². The molecular formula is C14H24FN3. The minimum atomic E-state index is -0.192. The van der Waals surface area contributed by atoms with E-state index in [1.165, 1.54) is 6.07 Å². The van der Waals surface area contributed by atoms with Crippen LogP contribution >= 0.6 is 0 Å². The minimum Gasteiger partial charge on any atom is -0.304 e. The fraction of sp³-hybridized carbons (Fsp3) is 0.571. The van der Waals surface area contributed by atoms with E-state index in [1.807, 2.05) is 13.0 Å². The Morgan fingerprint density at radius 1 is 1.33 bits per heavy atom. The second kappa shape index (κ2) is 7.46. The van der Waals surface area contributed by atoms with E-state index in [4.69, 9.17) is 5.84 Å². The van der Waals surface area contributed by atoms with Crippen LogP contribution in [0.3, 0.4) is 0 Å². The molecule has 1 atom stereocenters. The lowest BCUT2D eigenvalue weighted by molar-refractivity contribution is 0.281. The molecule has 1 rings (SSSR count). The largest absolute Gasteiger partial charge is 0.304 e. The van der Waals surface area contributed by atoms with Gasteiger partial charge in [0.2, 0.25) is 0 Å². The van der Waals surface area contributed by atoms with Crippen molar-refractivity contribution in [1.82, 2.24) is 10.3 Å². The number of benzene rings is 1. The summed E-state index contributed by atoms with van der Waals surface area (Å²) >= 11 is 0. The maximum atomic E-state index is 13.8. The number of nitrogens with zero attached hydrogens (tertiary/aromatic N) is 1. The second-order valence-corrected chi connectivity index (χ2v) is 4.56. The van der Waals surface area contributed by atoms with Gasteiger partial charge in [-0.25, -0.2) is 4.39 Å². The van der Waals surface area contributed by atoms with Crippen molar-refractivity contribution in [2.75, 3.05) is 19.6 Å². The molecule has 0 radical (unpaired) electrons. The summed E-state index contributed by atoms with van der Waals surface area (Å²) in [5.41, 5.74) is 4.43. The van der Waals surface area contributed by atoms with Crippen molar-refractivity contribution in [2.24, 2.45) is 5.84 Å². The van der Waals surface area contributed by atoms with E-state index < -0.39 is 0 Å². The first-order valence-electron chi connectivity index (χ1n) is 6.56. The number of hydrogen-bond acceptors (Lipinski definition) is 3. The zero-order chi connectivity index (χ0) is 13.5. The van der Waals surface area contributed by atoms with Crippen LogP contribution in [-0.4, -0.2) is 24.5 Å². The van der Waals surface area contributed by atoms with E-state index in [-0.39, 0.29) is 11.9 Å². The normalized spacial score (nSPS) is 13.0. The van der Waals surface area contributed by atoms with E-state index >= 15 is 0 Å². The van der Waals surface area contributed by atoms with Gasteiger partial charge in [-0.2, -0.15) is 0 Å². The molecule has 102 valence electrons. The molecule has 0 aliphatic rings. The number of nitrogens with two attached hydrogens (primary N) is 1. The fourth-order valence-electron chi connectivity index (χ4n) is 2.11. The van der Waals surface area contributed by atoms with Gasteiger partial charge in [0.05, 0.1) is 6.04 Å². The summed E-state index contributed by atoms with van der Waals surface area (Å²) in [6.45, 7) is 9.13. The van der Waals surface area contributed by atoms with Gasteiger partial charge in [0.1, 0.15) is 5.82 Å². The van der Waals surface area contributed by atoms with Crippen molar-refractivity contribution in [3.63, 3.8) is 0 Å². The zero-order valence-corrected chi connectivity index (χ0v) is 11.5. The molecule has 3 N–H and O–H groups in total. The molecular weight excluding hydrogens is 229 g/mol. The van der Waals surface area contributed by atoms with Crippen LogP contribution in [0, 0.1) is 12.7 Å². The van der Waals surface area contributed by atoms with Gasteiger partial charge < -0.3 is 4.90 Å². The highest BCUT2D eigenvalue weighted by atomic mass is 19.1. The van der Waals surface area contributed by atoms with E-state index in [0.717, 1.165) is 31.6 Å². The van der Waals surface area contributed by atoms with Crippen LogP contribution in [0.15, 0.2) is 18.2 Å². The molecule has 0 aliphatic carbocycles. The van der Waals surface area contributed by atoms with Crippen LogP contribution in [0.4, 0.5) is 4.39 Å². The summed E-state index contributed by atoms with van der Waals surface area (Å²) in [5.74, 6) is 5.37. The van der Waals surface area contributed by atoms with Gasteiger partial charge in [-0.1, -0.05) is 31.5 Å². The topological polar surface area (TPSA) is 41.3 Å². The molecule has 1 aromatic rings. The molecule has 0 aliphatic heterocycles. The molecule has 3 nitrogen and oxygen atoms in total. The molecule has 0 heterocycles. The molecule has 0 spiro atoms. The quantitative estimate of drug-likeness (QED) is 0.579. The Morgan fingerprint density at radius 3 is 2.56 bits per heavy atom. The van der Waals surface area contributed by atoms with Crippen LogP contribution in [0.25, 0.3) is 0 Å². The van der Waals surface area contributed by atoms with Crippen LogP contribution < -0.4 is 11.3 Å². The van der Waals surface area contributed by atoms with Crippen molar-refractivity contribution in [2.45, 2.75) is 33.2 Å².